The molecule has 5 heteroatoms. The third-order valence-corrected chi connectivity index (χ3v) is 1.13. The lowest BCUT2D eigenvalue weighted by Crippen LogP contribution is -1.93. The molecule has 1 unspecified atom stereocenters. The van der Waals surface area contributed by atoms with Gasteiger partial charge in [0.2, 0.25) is 0 Å². The van der Waals surface area contributed by atoms with Gasteiger partial charge in [0.25, 0.3) is 0 Å². The third-order valence-electron chi connectivity index (χ3n) is 0.897. The molecule has 0 N–H and O–H groups in total. The summed E-state index contributed by atoms with van der Waals surface area (Å²) in [6.07, 6.45) is 0. The summed E-state index contributed by atoms with van der Waals surface area (Å²) in [6.45, 7) is 1.90. The second-order valence-electron chi connectivity index (χ2n) is 1.81. The van der Waals surface area contributed by atoms with Gasteiger partial charge in [0, 0.05) is 0 Å². The summed E-state index contributed by atoms with van der Waals surface area (Å²) in [6, 6.07) is 0. The Labute approximate surface area is 58.7 Å². The van der Waals surface area contributed by atoms with Crippen LogP contribution in [0.1, 0.15) is 18.0 Å². The number of nitrogens with zero attached hydrogens (tertiary/aromatic N) is 4. The molecule has 0 radical (unpaired) electrons. The second-order valence-corrected chi connectivity index (χ2v) is 2.59. The molecule has 0 aliphatic heterocycles. The van der Waals surface area contributed by atoms with Crippen molar-refractivity contribution >= 4 is 12.6 Å². The van der Waals surface area contributed by atoms with Crippen LogP contribution in [-0.4, -0.2) is 20.2 Å². The van der Waals surface area contributed by atoms with Crippen molar-refractivity contribution in [2.24, 2.45) is 7.05 Å². The molecule has 1 rings (SSSR count). The first-order valence-corrected chi connectivity index (χ1v) is 3.14. The molecule has 0 fully saturated rings. The predicted molar refractivity (Wildman–Crippen MR) is 36.2 cm³/mol. The van der Waals surface area contributed by atoms with E-state index in [4.69, 9.17) is 0 Å². The van der Waals surface area contributed by atoms with Crippen molar-refractivity contribution in [2.45, 2.75) is 12.2 Å². The summed E-state index contributed by atoms with van der Waals surface area (Å²) in [5, 5.41) is 11.4. The van der Waals surface area contributed by atoms with Gasteiger partial charge in [-0.25, -0.2) is 0 Å². The molecule has 0 aliphatic carbocycles. The Morgan fingerprint density at radius 2 is 2.33 bits per heavy atom. The Hall–Kier alpha value is -0.580. The highest BCUT2D eigenvalue weighted by Crippen LogP contribution is 2.10. The van der Waals surface area contributed by atoms with Gasteiger partial charge >= 0.3 is 0 Å². The van der Waals surface area contributed by atoms with E-state index >= 15 is 0 Å². The first-order valence-electron chi connectivity index (χ1n) is 2.62. The topological polar surface area (TPSA) is 43.6 Å². The van der Waals surface area contributed by atoms with Crippen molar-refractivity contribution in [3.63, 3.8) is 0 Å². The number of tetrazole rings is 1. The maximum absolute atomic E-state index is 4.12. The van der Waals surface area contributed by atoms with Crippen LogP contribution < -0.4 is 0 Å². The lowest BCUT2D eigenvalue weighted by molar-refractivity contribution is 0.627. The number of rotatable bonds is 1. The highest BCUT2D eigenvalue weighted by atomic mass is 32.1. The number of aryl methyl sites for hydroxylation is 1. The molecule has 50 valence electrons. The van der Waals surface area contributed by atoms with Gasteiger partial charge in [0.05, 0.1) is 12.3 Å². The van der Waals surface area contributed by atoms with E-state index in [-0.39, 0.29) is 5.25 Å². The Morgan fingerprint density at radius 1 is 1.67 bits per heavy atom. The minimum absolute atomic E-state index is 0.0682. The van der Waals surface area contributed by atoms with Gasteiger partial charge in [-0.15, -0.1) is 10.2 Å². The number of hydrogen-bond donors (Lipinski definition) is 1. The maximum Gasteiger partial charge on any atom is 0.187 e. The highest BCUT2D eigenvalue weighted by Gasteiger charge is 2.04. The molecule has 0 saturated carbocycles. The third kappa shape index (κ3) is 1.41. The normalized spacial score (nSPS) is 13.7. The molecule has 0 spiro atoms. The molecule has 4 nitrogen and oxygen atoms in total. The first-order chi connectivity index (χ1) is 4.20. The van der Waals surface area contributed by atoms with E-state index in [1.807, 2.05) is 6.92 Å². The summed E-state index contributed by atoms with van der Waals surface area (Å²) in [5.74, 6) is 0.667. The molecule has 1 aromatic heterocycles. The van der Waals surface area contributed by atoms with E-state index in [0.29, 0.717) is 5.82 Å². The molecule has 0 bridgehead atoms. The molecule has 0 aliphatic rings. The average Bonchev–Trinajstić information content (AvgIpc) is 2.14. The monoisotopic (exact) mass is 144 g/mol. The van der Waals surface area contributed by atoms with Crippen LogP contribution in [0, 0.1) is 0 Å². The Morgan fingerprint density at radius 3 is 2.56 bits per heavy atom. The zero-order valence-electron chi connectivity index (χ0n) is 5.31. The molecule has 0 aromatic carbocycles. The standard InChI is InChI=1S/C4H8N4S/c1-3(9)4-5-7-8(2)6-4/h3,9H,1-2H3. The fourth-order valence-electron chi connectivity index (χ4n) is 0.466. The summed E-state index contributed by atoms with van der Waals surface area (Å²) in [4.78, 5) is 1.42. The summed E-state index contributed by atoms with van der Waals surface area (Å²) in [7, 11) is 1.73. The molecule has 0 amide bonds. The molecular formula is C4H8N4S. The molecular weight excluding hydrogens is 136 g/mol. The lowest BCUT2D eigenvalue weighted by atomic mass is 10.5. The molecule has 1 aromatic rings. The van der Waals surface area contributed by atoms with E-state index < -0.39 is 0 Å². The van der Waals surface area contributed by atoms with Crippen molar-refractivity contribution in [2.75, 3.05) is 0 Å². The van der Waals surface area contributed by atoms with Crippen LogP contribution in [0.2, 0.25) is 0 Å². The van der Waals surface area contributed by atoms with Crippen molar-refractivity contribution in [1.82, 2.24) is 20.2 Å². The van der Waals surface area contributed by atoms with Crippen LogP contribution in [0.25, 0.3) is 0 Å². The van der Waals surface area contributed by atoms with Crippen LogP contribution in [0.4, 0.5) is 0 Å². The zero-order valence-corrected chi connectivity index (χ0v) is 6.21. The SMILES string of the molecule is CC(S)c1nnn(C)n1. The van der Waals surface area contributed by atoms with Crippen LogP contribution in [-0.2, 0) is 7.05 Å². The molecule has 9 heavy (non-hydrogen) atoms. The average molecular weight is 144 g/mol. The van der Waals surface area contributed by atoms with E-state index in [9.17, 15) is 0 Å². The van der Waals surface area contributed by atoms with Crippen LogP contribution in [0.5, 0.6) is 0 Å². The van der Waals surface area contributed by atoms with Gasteiger partial charge in [-0.05, 0) is 12.1 Å². The molecule has 1 atom stereocenters. The Bertz CT molecular complexity index is 194. The number of aromatic nitrogens is 4. The van der Waals surface area contributed by atoms with E-state index in [2.05, 4.69) is 28.0 Å². The smallest absolute Gasteiger partial charge is 0.168 e. The largest absolute Gasteiger partial charge is 0.187 e. The fourth-order valence-corrected chi connectivity index (χ4v) is 0.569. The second kappa shape index (κ2) is 2.34. The quantitative estimate of drug-likeness (QED) is 0.573. The Kier molecular flexibility index (Phi) is 1.70. The molecule has 1 heterocycles. The lowest BCUT2D eigenvalue weighted by Gasteiger charge is -1.90. The maximum atomic E-state index is 4.12. The van der Waals surface area contributed by atoms with Crippen molar-refractivity contribution < 1.29 is 0 Å². The molecule has 0 saturated heterocycles. The van der Waals surface area contributed by atoms with E-state index in [0.717, 1.165) is 0 Å². The first kappa shape index (κ1) is 6.54. The van der Waals surface area contributed by atoms with Gasteiger partial charge in [-0.2, -0.15) is 17.4 Å². The van der Waals surface area contributed by atoms with Crippen molar-refractivity contribution in [1.29, 1.82) is 0 Å². The van der Waals surface area contributed by atoms with E-state index in [1.54, 1.807) is 7.05 Å². The minimum Gasteiger partial charge on any atom is -0.168 e. The van der Waals surface area contributed by atoms with Crippen LogP contribution in [0.15, 0.2) is 0 Å². The van der Waals surface area contributed by atoms with Crippen molar-refractivity contribution in [3.05, 3.63) is 5.82 Å². The van der Waals surface area contributed by atoms with Crippen LogP contribution in [0.3, 0.4) is 0 Å². The van der Waals surface area contributed by atoms with Gasteiger partial charge < -0.3 is 0 Å². The predicted octanol–water partition coefficient (Wildman–Crippen LogP) is 0.201. The van der Waals surface area contributed by atoms with Crippen molar-refractivity contribution in [3.8, 4) is 0 Å². The van der Waals surface area contributed by atoms with Crippen LogP contribution >= 0.6 is 12.6 Å². The summed E-state index contributed by atoms with van der Waals surface area (Å²) in [5.41, 5.74) is 0. The number of hydrogen-bond acceptors (Lipinski definition) is 4. The summed E-state index contributed by atoms with van der Waals surface area (Å²) >= 11 is 4.12. The Balaban J connectivity index is 2.85. The van der Waals surface area contributed by atoms with Gasteiger partial charge in [-0.1, -0.05) is 0 Å². The van der Waals surface area contributed by atoms with E-state index in [1.165, 1.54) is 4.80 Å². The summed E-state index contributed by atoms with van der Waals surface area (Å²) < 4.78 is 0. The fraction of sp³-hybridized carbons (Fsp3) is 0.750. The van der Waals surface area contributed by atoms with Gasteiger partial charge in [0.15, 0.2) is 5.82 Å². The minimum atomic E-state index is 0.0682. The van der Waals surface area contributed by atoms with Gasteiger partial charge in [0.1, 0.15) is 0 Å². The number of thiol groups is 1. The van der Waals surface area contributed by atoms with Gasteiger partial charge in [-0.3, -0.25) is 0 Å². The zero-order chi connectivity index (χ0) is 6.85. The highest BCUT2D eigenvalue weighted by molar-refractivity contribution is 7.80.